The maximum Gasteiger partial charge on any atom is 0.334 e. The quantitative estimate of drug-likeness (QED) is 0.557. The highest BCUT2D eigenvalue weighted by atomic mass is 16.5. The van der Waals surface area contributed by atoms with Gasteiger partial charge in [0.25, 0.3) is 0 Å². The molecule has 1 fully saturated rings. The molecule has 0 spiro atoms. The van der Waals surface area contributed by atoms with Gasteiger partial charge >= 0.3 is 11.9 Å². The van der Waals surface area contributed by atoms with Gasteiger partial charge in [-0.15, -0.1) is 0 Å². The fraction of sp³-hybridized carbons (Fsp3) is 0.474. The molecule has 6 nitrogen and oxygen atoms in total. The summed E-state index contributed by atoms with van der Waals surface area (Å²) in [6.45, 7) is 0. The average Bonchev–Trinajstić information content (AvgIpc) is 3.13. The minimum Gasteiger partial charge on any atom is -0.493 e. The lowest BCUT2D eigenvalue weighted by molar-refractivity contribution is -0.143. The fourth-order valence-electron chi connectivity index (χ4n) is 2.80. The minimum atomic E-state index is -0.570. The Balaban J connectivity index is 2.28. The third kappa shape index (κ3) is 5.24. The second-order valence-corrected chi connectivity index (χ2v) is 5.85. The van der Waals surface area contributed by atoms with Crippen molar-refractivity contribution in [2.45, 2.75) is 38.2 Å². The first-order valence-electron chi connectivity index (χ1n) is 8.27. The van der Waals surface area contributed by atoms with Gasteiger partial charge in [-0.3, -0.25) is 4.79 Å². The number of hydrogen-bond acceptors (Lipinski definition) is 6. The molecule has 1 aromatic carbocycles. The van der Waals surface area contributed by atoms with Crippen molar-refractivity contribution in [3.8, 4) is 11.5 Å². The summed E-state index contributed by atoms with van der Waals surface area (Å²) in [6.07, 6.45) is 6.01. The van der Waals surface area contributed by atoms with Gasteiger partial charge < -0.3 is 18.9 Å². The summed E-state index contributed by atoms with van der Waals surface area (Å²) >= 11 is 0. The molecule has 25 heavy (non-hydrogen) atoms. The number of hydrogen-bond donors (Lipinski definition) is 0. The molecule has 0 amide bonds. The van der Waals surface area contributed by atoms with Crippen LogP contribution in [0.2, 0.25) is 0 Å². The van der Waals surface area contributed by atoms with Crippen LogP contribution in [0.4, 0.5) is 0 Å². The molecule has 0 N–H and O–H groups in total. The first-order chi connectivity index (χ1) is 12.1. The van der Waals surface area contributed by atoms with Crippen LogP contribution >= 0.6 is 0 Å². The van der Waals surface area contributed by atoms with Gasteiger partial charge in [0, 0.05) is 5.57 Å². The summed E-state index contributed by atoms with van der Waals surface area (Å²) in [4.78, 5) is 23.4. The minimum absolute atomic E-state index is 0.159. The summed E-state index contributed by atoms with van der Waals surface area (Å²) in [5.74, 6) is 0.189. The van der Waals surface area contributed by atoms with Crippen LogP contribution in [-0.2, 0) is 19.1 Å². The van der Waals surface area contributed by atoms with Crippen molar-refractivity contribution in [3.05, 3.63) is 29.3 Å². The monoisotopic (exact) mass is 348 g/mol. The topological polar surface area (TPSA) is 71.1 Å². The molecule has 0 saturated heterocycles. The molecule has 0 heterocycles. The predicted molar refractivity (Wildman–Crippen MR) is 92.5 cm³/mol. The maximum atomic E-state index is 11.9. The Morgan fingerprint density at radius 1 is 1.08 bits per heavy atom. The Morgan fingerprint density at radius 2 is 1.80 bits per heavy atom. The number of ether oxygens (including phenoxy) is 4. The Bertz CT molecular complexity index is 643. The molecule has 6 heteroatoms. The van der Waals surface area contributed by atoms with E-state index in [-0.39, 0.29) is 18.1 Å². The number of esters is 2. The van der Waals surface area contributed by atoms with Gasteiger partial charge in [0.15, 0.2) is 11.5 Å². The van der Waals surface area contributed by atoms with Gasteiger partial charge in [-0.1, -0.05) is 6.07 Å². The molecule has 1 aliphatic rings. The van der Waals surface area contributed by atoms with Gasteiger partial charge in [-0.2, -0.15) is 0 Å². The SMILES string of the molecule is COC(=O)C/C(=C/c1ccc(OC)c(OC2CCCC2)c1)C(=O)OC. The Kier molecular flexibility index (Phi) is 6.86. The lowest BCUT2D eigenvalue weighted by Gasteiger charge is -2.16. The van der Waals surface area contributed by atoms with Gasteiger partial charge in [-0.25, -0.2) is 4.79 Å². The van der Waals surface area contributed by atoms with E-state index >= 15 is 0 Å². The van der Waals surface area contributed by atoms with Crippen LogP contribution in [0.3, 0.4) is 0 Å². The second-order valence-electron chi connectivity index (χ2n) is 5.85. The smallest absolute Gasteiger partial charge is 0.334 e. The molecule has 0 aromatic heterocycles. The van der Waals surface area contributed by atoms with Crippen molar-refractivity contribution < 1.29 is 28.5 Å². The third-order valence-corrected chi connectivity index (χ3v) is 4.13. The van der Waals surface area contributed by atoms with Crippen LogP contribution in [0.1, 0.15) is 37.7 Å². The third-order valence-electron chi connectivity index (χ3n) is 4.13. The molecule has 1 aromatic rings. The van der Waals surface area contributed by atoms with Gasteiger partial charge in [0.1, 0.15) is 0 Å². The van der Waals surface area contributed by atoms with Gasteiger partial charge in [0.2, 0.25) is 0 Å². The molecule has 0 radical (unpaired) electrons. The van der Waals surface area contributed by atoms with Crippen LogP contribution in [0, 0.1) is 0 Å². The zero-order valence-electron chi connectivity index (χ0n) is 14.9. The number of carbonyl (C=O) groups is 2. The van der Waals surface area contributed by atoms with E-state index in [1.807, 2.05) is 0 Å². The van der Waals surface area contributed by atoms with E-state index < -0.39 is 11.9 Å². The molecule has 0 atom stereocenters. The molecule has 0 unspecified atom stereocenters. The second kappa shape index (κ2) is 9.11. The Hall–Kier alpha value is -2.50. The number of rotatable bonds is 7. The number of carbonyl (C=O) groups excluding carboxylic acids is 2. The Labute approximate surface area is 147 Å². The summed E-state index contributed by atoms with van der Waals surface area (Å²) < 4.78 is 20.8. The van der Waals surface area contributed by atoms with E-state index in [2.05, 4.69) is 4.74 Å². The normalized spacial score (nSPS) is 14.9. The molecule has 2 rings (SSSR count). The lowest BCUT2D eigenvalue weighted by atomic mass is 10.1. The zero-order chi connectivity index (χ0) is 18.2. The number of benzene rings is 1. The maximum absolute atomic E-state index is 11.9. The van der Waals surface area contributed by atoms with Crippen LogP contribution in [0.5, 0.6) is 11.5 Å². The average molecular weight is 348 g/mol. The van der Waals surface area contributed by atoms with E-state index in [1.165, 1.54) is 14.2 Å². The summed E-state index contributed by atoms with van der Waals surface area (Å²) in [7, 11) is 4.14. The Morgan fingerprint density at radius 3 is 2.40 bits per heavy atom. The molecular formula is C19H24O6. The van der Waals surface area contributed by atoms with Crippen molar-refractivity contribution in [2.24, 2.45) is 0 Å². The molecule has 1 aliphatic carbocycles. The van der Waals surface area contributed by atoms with Crippen molar-refractivity contribution in [1.29, 1.82) is 0 Å². The van der Waals surface area contributed by atoms with E-state index in [9.17, 15) is 9.59 Å². The van der Waals surface area contributed by atoms with Gasteiger partial charge in [-0.05, 0) is 49.5 Å². The van der Waals surface area contributed by atoms with E-state index in [0.29, 0.717) is 11.5 Å². The summed E-state index contributed by atoms with van der Waals surface area (Å²) in [6, 6.07) is 5.38. The van der Waals surface area contributed by atoms with E-state index in [1.54, 1.807) is 31.4 Å². The molecule has 1 saturated carbocycles. The van der Waals surface area contributed by atoms with Gasteiger partial charge in [0.05, 0.1) is 33.9 Å². The van der Waals surface area contributed by atoms with Crippen LogP contribution in [0.25, 0.3) is 6.08 Å². The number of methoxy groups -OCH3 is 3. The lowest BCUT2D eigenvalue weighted by Crippen LogP contribution is -2.12. The van der Waals surface area contributed by atoms with Crippen LogP contribution in [-0.4, -0.2) is 39.4 Å². The highest BCUT2D eigenvalue weighted by molar-refractivity contribution is 5.98. The summed E-state index contributed by atoms with van der Waals surface area (Å²) in [5, 5.41) is 0. The van der Waals surface area contributed by atoms with E-state index in [0.717, 1.165) is 31.2 Å². The van der Waals surface area contributed by atoms with E-state index in [4.69, 9.17) is 14.2 Å². The first-order valence-corrected chi connectivity index (χ1v) is 8.27. The summed E-state index contributed by atoms with van der Waals surface area (Å²) in [5.41, 5.74) is 0.935. The van der Waals surface area contributed by atoms with Crippen molar-refractivity contribution in [2.75, 3.05) is 21.3 Å². The molecular weight excluding hydrogens is 324 g/mol. The molecule has 0 aliphatic heterocycles. The largest absolute Gasteiger partial charge is 0.493 e. The highest BCUT2D eigenvalue weighted by Crippen LogP contribution is 2.33. The van der Waals surface area contributed by atoms with Crippen molar-refractivity contribution >= 4 is 18.0 Å². The fourth-order valence-corrected chi connectivity index (χ4v) is 2.80. The van der Waals surface area contributed by atoms with Crippen molar-refractivity contribution in [1.82, 2.24) is 0 Å². The molecule has 0 bridgehead atoms. The van der Waals surface area contributed by atoms with Crippen LogP contribution < -0.4 is 9.47 Å². The zero-order valence-corrected chi connectivity index (χ0v) is 14.9. The van der Waals surface area contributed by atoms with Crippen molar-refractivity contribution in [3.63, 3.8) is 0 Å². The predicted octanol–water partition coefficient (Wildman–Crippen LogP) is 3.14. The standard InChI is InChI=1S/C19H24O6/c1-22-16-9-8-13(11-17(16)25-15-6-4-5-7-15)10-14(19(21)24-3)12-18(20)23-2/h8-11,15H,4-7,12H2,1-3H3/b14-10-. The highest BCUT2D eigenvalue weighted by Gasteiger charge is 2.19. The first kappa shape index (κ1) is 18.8. The van der Waals surface area contributed by atoms with Crippen LogP contribution in [0.15, 0.2) is 23.8 Å². The molecule has 136 valence electrons.